The molecular formula is C25H28N4O4. The summed E-state index contributed by atoms with van der Waals surface area (Å²) in [5.74, 6) is -0.648. The van der Waals surface area contributed by atoms with Crippen LogP contribution in [0.1, 0.15) is 24.0 Å². The number of benzene rings is 2. The molecule has 8 heteroatoms. The number of non-ortho nitro benzene ring substituents is 1. The number of nitrogens with zero attached hydrogens (tertiary/aromatic N) is 4. The predicted molar refractivity (Wildman–Crippen MR) is 125 cm³/mol. The number of rotatable bonds is 7. The molecule has 0 bridgehead atoms. The summed E-state index contributed by atoms with van der Waals surface area (Å²) in [5, 5.41) is 11.1. The number of imide groups is 1. The molecule has 4 rings (SSSR count). The lowest BCUT2D eigenvalue weighted by molar-refractivity contribution is -0.384. The van der Waals surface area contributed by atoms with Crippen LogP contribution < -0.4 is 0 Å². The zero-order chi connectivity index (χ0) is 23.5. The fourth-order valence-corrected chi connectivity index (χ4v) is 4.55. The highest BCUT2D eigenvalue weighted by atomic mass is 16.6. The summed E-state index contributed by atoms with van der Waals surface area (Å²) in [6, 6.07) is 15.8. The second kappa shape index (κ2) is 9.54. The minimum absolute atomic E-state index is 0.0534. The van der Waals surface area contributed by atoms with E-state index in [4.69, 9.17) is 0 Å². The summed E-state index contributed by atoms with van der Waals surface area (Å²) in [4.78, 5) is 43.1. The number of nitro groups is 1. The smallest absolute Gasteiger partial charge is 0.277 e. The number of hydrogen-bond acceptors (Lipinski definition) is 6. The number of nitro benzene ring substituents is 1. The molecule has 33 heavy (non-hydrogen) atoms. The van der Waals surface area contributed by atoms with Crippen molar-refractivity contribution in [2.24, 2.45) is 0 Å². The molecule has 0 atom stereocenters. The topological polar surface area (TPSA) is 87.0 Å². The third kappa shape index (κ3) is 4.66. The molecule has 2 aromatic rings. The molecule has 0 aliphatic carbocycles. The van der Waals surface area contributed by atoms with Crippen LogP contribution in [0.4, 0.5) is 5.69 Å². The number of likely N-dealkylation sites (tertiary alicyclic amines) is 1. The Morgan fingerprint density at radius 2 is 1.64 bits per heavy atom. The third-order valence-corrected chi connectivity index (χ3v) is 6.57. The first kappa shape index (κ1) is 22.7. The first-order chi connectivity index (χ1) is 15.9. The van der Waals surface area contributed by atoms with Gasteiger partial charge in [0.2, 0.25) is 0 Å². The lowest BCUT2D eigenvalue weighted by Gasteiger charge is -2.36. The van der Waals surface area contributed by atoms with E-state index in [-0.39, 0.29) is 30.1 Å². The maximum absolute atomic E-state index is 13.5. The van der Waals surface area contributed by atoms with Gasteiger partial charge in [0.15, 0.2) is 0 Å². The van der Waals surface area contributed by atoms with Gasteiger partial charge in [-0.3, -0.25) is 24.6 Å². The summed E-state index contributed by atoms with van der Waals surface area (Å²) in [7, 11) is 3.95. The minimum Gasteiger partial charge on any atom is -0.366 e. The quantitative estimate of drug-likeness (QED) is 0.368. The van der Waals surface area contributed by atoms with Gasteiger partial charge in [-0.15, -0.1) is 0 Å². The van der Waals surface area contributed by atoms with Gasteiger partial charge in [0.25, 0.3) is 17.5 Å². The van der Waals surface area contributed by atoms with Crippen molar-refractivity contribution in [3.8, 4) is 0 Å². The summed E-state index contributed by atoms with van der Waals surface area (Å²) in [5.41, 5.74) is 2.23. The van der Waals surface area contributed by atoms with Crippen LogP contribution in [0.3, 0.4) is 0 Å². The number of carbonyl (C=O) groups is 2. The van der Waals surface area contributed by atoms with E-state index in [0.717, 1.165) is 31.5 Å². The van der Waals surface area contributed by atoms with Crippen LogP contribution in [-0.2, 0) is 16.0 Å². The molecule has 1 saturated heterocycles. The van der Waals surface area contributed by atoms with Crippen molar-refractivity contribution in [2.45, 2.75) is 25.3 Å². The van der Waals surface area contributed by atoms with Crippen molar-refractivity contribution in [1.29, 1.82) is 0 Å². The second-order valence-electron chi connectivity index (χ2n) is 8.67. The Labute approximate surface area is 193 Å². The highest BCUT2D eigenvalue weighted by Gasteiger charge is 2.42. The van der Waals surface area contributed by atoms with Crippen molar-refractivity contribution < 1.29 is 14.5 Å². The van der Waals surface area contributed by atoms with Gasteiger partial charge in [-0.25, -0.2) is 0 Å². The fraction of sp³-hybridized carbons (Fsp3) is 0.360. The van der Waals surface area contributed by atoms with Gasteiger partial charge in [0, 0.05) is 31.8 Å². The molecule has 2 aliphatic rings. The summed E-state index contributed by atoms with van der Waals surface area (Å²) in [6.07, 6.45) is 2.36. The number of likely N-dealkylation sites (N-methyl/N-ethyl adjacent to an activating group) is 1. The van der Waals surface area contributed by atoms with Crippen LogP contribution >= 0.6 is 0 Å². The number of hydrogen-bond donors (Lipinski definition) is 0. The number of piperidine rings is 1. The van der Waals surface area contributed by atoms with Crippen molar-refractivity contribution in [3.63, 3.8) is 0 Å². The monoisotopic (exact) mass is 448 g/mol. The van der Waals surface area contributed by atoms with E-state index in [9.17, 15) is 19.7 Å². The Morgan fingerprint density at radius 3 is 2.24 bits per heavy atom. The van der Waals surface area contributed by atoms with Gasteiger partial charge in [-0.05, 0) is 62.7 Å². The van der Waals surface area contributed by atoms with Crippen LogP contribution in [0.25, 0.3) is 5.57 Å². The molecule has 0 spiro atoms. The van der Waals surface area contributed by atoms with E-state index >= 15 is 0 Å². The van der Waals surface area contributed by atoms with Gasteiger partial charge in [0.1, 0.15) is 5.70 Å². The van der Waals surface area contributed by atoms with Crippen molar-refractivity contribution in [3.05, 3.63) is 81.5 Å². The Morgan fingerprint density at radius 1 is 1.00 bits per heavy atom. The Hall–Kier alpha value is -3.52. The highest BCUT2D eigenvalue weighted by molar-refractivity contribution is 6.35. The summed E-state index contributed by atoms with van der Waals surface area (Å²) >= 11 is 0. The average Bonchev–Trinajstić information content (AvgIpc) is 3.07. The van der Waals surface area contributed by atoms with E-state index in [1.807, 2.05) is 42.3 Å². The van der Waals surface area contributed by atoms with Gasteiger partial charge in [0.05, 0.1) is 10.5 Å². The number of carbonyl (C=O) groups excluding carboxylic acids is 2. The van der Waals surface area contributed by atoms with Crippen molar-refractivity contribution in [2.75, 3.05) is 33.7 Å². The van der Waals surface area contributed by atoms with Gasteiger partial charge in [-0.1, -0.05) is 30.3 Å². The molecule has 2 aromatic carbocycles. The van der Waals surface area contributed by atoms with E-state index < -0.39 is 4.92 Å². The molecule has 8 nitrogen and oxygen atoms in total. The Kier molecular flexibility index (Phi) is 6.55. The lowest BCUT2D eigenvalue weighted by atomic mass is 10.00. The number of amides is 2. The maximum atomic E-state index is 13.5. The van der Waals surface area contributed by atoms with E-state index in [1.54, 1.807) is 12.1 Å². The molecule has 0 saturated carbocycles. The molecule has 0 radical (unpaired) electrons. The maximum Gasteiger partial charge on any atom is 0.277 e. The normalized spacial score (nSPS) is 17.7. The summed E-state index contributed by atoms with van der Waals surface area (Å²) in [6.45, 7) is 2.13. The van der Waals surface area contributed by atoms with Crippen molar-refractivity contribution in [1.82, 2.24) is 14.7 Å². The zero-order valence-corrected chi connectivity index (χ0v) is 18.9. The first-order valence-corrected chi connectivity index (χ1v) is 11.2. The molecule has 0 unspecified atom stereocenters. The molecule has 1 fully saturated rings. The molecular weight excluding hydrogens is 420 g/mol. The molecule has 2 amide bonds. The molecule has 172 valence electrons. The SMILES string of the molecule is CN1CCC(N(C)C2=C(c3ccc([N+](=O)[O-])cc3)C(=O)N(CCc3ccccc3)C2=O)CC1. The Bertz CT molecular complexity index is 1070. The molecule has 2 heterocycles. The van der Waals surface area contributed by atoms with Gasteiger partial charge in [-0.2, -0.15) is 0 Å². The summed E-state index contributed by atoms with van der Waals surface area (Å²) < 4.78 is 0. The van der Waals surface area contributed by atoms with E-state index in [2.05, 4.69) is 11.9 Å². The molecule has 0 aromatic heterocycles. The van der Waals surface area contributed by atoms with Crippen LogP contribution in [-0.4, -0.2) is 71.2 Å². The Balaban J connectivity index is 1.66. The van der Waals surface area contributed by atoms with Gasteiger partial charge < -0.3 is 9.80 Å². The van der Waals surface area contributed by atoms with Crippen LogP contribution in [0, 0.1) is 10.1 Å². The predicted octanol–water partition coefficient (Wildman–Crippen LogP) is 2.94. The standard InChI is InChI=1S/C25H28N4O4/c1-26-15-13-20(14-16-26)27(2)23-22(19-8-10-21(11-9-19)29(32)33)24(30)28(25(23)31)17-12-18-6-4-3-5-7-18/h3-11,20H,12-17H2,1-2H3. The van der Waals surface area contributed by atoms with Gasteiger partial charge >= 0.3 is 0 Å². The van der Waals surface area contributed by atoms with E-state index in [0.29, 0.717) is 23.3 Å². The first-order valence-electron chi connectivity index (χ1n) is 11.2. The second-order valence-corrected chi connectivity index (χ2v) is 8.67. The average molecular weight is 449 g/mol. The van der Waals surface area contributed by atoms with E-state index in [1.165, 1.54) is 17.0 Å². The lowest BCUT2D eigenvalue weighted by Crippen LogP contribution is -2.43. The van der Waals surface area contributed by atoms with Crippen LogP contribution in [0.15, 0.2) is 60.3 Å². The highest BCUT2D eigenvalue weighted by Crippen LogP contribution is 2.34. The zero-order valence-electron chi connectivity index (χ0n) is 18.9. The third-order valence-electron chi connectivity index (χ3n) is 6.57. The minimum atomic E-state index is -0.475. The fourth-order valence-electron chi connectivity index (χ4n) is 4.55. The van der Waals surface area contributed by atoms with Crippen LogP contribution in [0.2, 0.25) is 0 Å². The van der Waals surface area contributed by atoms with Crippen LogP contribution in [0.5, 0.6) is 0 Å². The molecule has 2 aliphatic heterocycles. The molecule has 0 N–H and O–H groups in total. The largest absolute Gasteiger partial charge is 0.366 e. The van der Waals surface area contributed by atoms with Crippen molar-refractivity contribution >= 4 is 23.1 Å².